The third-order valence-corrected chi connectivity index (χ3v) is 8.33. The van der Waals surface area contributed by atoms with Gasteiger partial charge >= 0.3 is 0 Å². The maximum absolute atomic E-state index is 14.7. The molecular weight excluding hydrogens is 655 g/mol. The molecule has 12 nitrogen and oxygen atoms in total. The highest BCUT2D eigenvalue weighted by molar-refractivity contribution is 6.35. The predicted molar refractivity (Wildman–Crippen MR) is 183 cm³/mol. The first kappa shape index (κ1) is 34.1. The van der Waals surface area contributed by atoms with Crippen molar-refractivity contribution in [1.82, 2.24) is 5.32 Å². The molecular formula is C34H30Cl2N8O4. The van der Waals surface area contributed by atoms with Crippen molar-refractivity contribution in [2.24, 2.45) is 15.2 Å². The number of aliphatic imine (C=N–C) groups is 1. The van der Waals surface area contributed by atoms with E-state index in [1.165, 1.54) is 0 Å². The van der Waals surface area contributed by atoms with E-state index in [1.807, 2.05) is 24.3 Å². The van der Waals surface area contributed by atoms with Gasteiger partial charge in [0.15, 0.2) is 11.6 Å². The van der Waals surface area contributed by atoms with Crippen LogP contribution in [0.2, 0.25) is 10.0 Å². The molecule has 244 valence electrons. The van der Waals surface area contributed by atoms with Crippen LogP contribution in [0.1, 0.15) is 40.3 Å². The number of halogens is 2. The second-order valence-electron chi connectivity index (χ2n) is 10.8. The number of benzene rings is 4. The minimum absolute atomic E-state index is 0.0157. The molecule has 14 heteroatoms. The monoisotopic (exact) mass is 684 g/mol. The van der Waals surface area contributed by atoms with Crippen LogP contribution in [0.3, 0.4) is 0 Å². The molecule has 1 aliphatic rings. The highest BCUT2D eigenvalue weighted by Crippen LogP contribution is 2.46. The van der Waals surface area contributed by atoms with Crippen LogP contribution in [0.4, 0.5) is 5.69 Å². The second kappa shape index (κ2) is 16.1. The highest BCUT2D eigenvalue weighted by atomic mass is 35.5. The first-order chi connectivity index (χ1) is 23.4. The molecule has 5 rings (SSSR count). The zero-order valence-electron chi connectivity index (χ0n) is 25.5. The SMILES string of the molecule is [N-]=[N+]=NCc1ccccc1C[C@@]1(C(=O)NCc2ccc(Cl)cc2Cl)N=C(c2ccc(OCCCO)cc2)O[C@@H]1c1ccccc1N=[N+]=[N-]. The van der Waals surface area contributed by atoms with Crippen LogP contribution in [0, 0.1) is 0 Å². The van der Waals surface area contributed by atoms with Crippen molar-refractivity contribution in [3.63, 3.8) is 0 Å². The summed E-state index contributed by atoms with van der Waals surface area (Å²) in [5, 5.41) is 20.6. The standard InChI is InChI=1S/C34H30Cl2N8O4/c35-26-13-10-25(29(36)18-26)20-39-33(46)34(19-23-6-1-2-7-24(23)21-40-43-37)31(28-8-3-4-9-30(28)42-44-38)48-32(41-34)22-11-14-27(15-12-22)47-17-5-16-45/h1-4,6-15,18,31,45H,5,16-17,19-21H2,(H,39,46)/t31-,34-/m1/s1. The molecule has 0 saturated heterocycles. The summed E-state index contributed by atoms with van der Waals surface area (Å²) in [5.41, 5.74) is 20.1. The maximum Gasteiger partial charge on any atom is 0.252 e. The fraction of sp³-hybridized carbons (Fsp3) is 0.235. The van der Waals surface area contributed by atoms with Crippen LogP contribution < -0.4 is 10.1 Å². The lowest BCUT2D eigenvalue weighted by Crippen LogP contribution is -2.49. The summed E-state index contributed by atoms with van der Waals surface area (Å²) >= 11 is 12.5. The summed E-state index contributed by atoms with van der Waals surface area (Å²) in [6, 6.07) is 26.2. The number of aliphatic hydroxyl groups is 1. The topological polar surface area (TPSA) is 178 Å². The Morgan fingerprint density at radius 1 is 0.979 bits per heavy atom. The molecule has 0 bridgehead atoms. The number of aliphatic hydroxyl groups excluding tert-OH is 1. The van der Waals surface area contributed by atoms with E-state index in [2.05, 4.69) is 25.4 Å². The van der Waals surface area contributed by atoms with Crippen LogP contribution in [0.15, 0.2) is 106 Å². The summed E-state index contributed by atoms with van der Waals surface area (Å²) in [7, 11) is 0. The number of azide groups is 2. The van der Waals surface area contributed by atoms with Gasteiger partial charge in [0.25, 0.3) is 5.91 Å². The number of rotatable bonds is 14. The van der Waals surface area contributed by atoms with E-state index >= 15 is 0 Å². The molecule has 0 unspecified atom stereocenters. The summed E-state index contributed by atoms with van der Waals surface area (Å²) in [6.07, 6.45) is -0.530. The van der Waals surface area contributed by atoms with Crippen molar-refractivity contribution in [2.45, 2.75) is 37.6 Å². The normalized spacial score (nSPS) is 16.6. The fourth-order valence-corrected chi connectivity index (χ4v) is 5.86. The molecule has 0 aliphatic carbocycles. The fourth-order valence-electron chi connectivity index (χ4n) is 5.38. The van der Waals surface area contributed by atoms with Gasteiger partial charge in [0.1, 0.15) is 5.75 Å². The van der Waals surface area contributed by atoms with Gasteiger partial charge in [0, 0.05) is 62.7 Å². The quantitative estimate of drug-likeness (QED) is 0.0587. The summed E-state index contributed by atoms with van der Waals surface area (Å²) in [5.74, 6) is 0.295. The molecule has 2 N–H and O–H groups in total. The molecule has 0 radical (unpaired) electrons. The number of nitrogens with one attached hydrogen (secondary N) is 1. The molecule has 1 amide bonds. The van der Waals surface area contributed by atoms with Crippen molar-refractivity contribution in [3.05, 3.63) is 150 Å². The van der Waals surface area contributed by atoms with Crippen molar-refractivity contribution in [3.8, 4) is 5.75 Å². The summed E-state index contributed by atoms with van der Waals surface area (Å²) < 4.78 is 12.3. The molecule has 1 heterocycles. The van der Waals surface area contributed by atoms with Gasteiger partial charge in [-0.3, -0.25) is 4.79 Å². The minimum Gasteiger partial charge on any atom is -0.494 e. The lowest BCUT2D eigenvalue weighted by molar-refractivity contribution is -0.129. The van der Waals surface area contributed by atoms with Gasteiger partial charge in [-0.2, -0.15) is 0 Å². The highest BCUT2D eigenvalue weighted by Gasteiger charge is 2.54. The minimum atomic E-state index is -1.64. The van der Waals surface area contributed by atoms with E-state index in [4.69, 9.17) is 48.3 Å². The summed E-state index contributed by atoms with van der Waals surface area (Å²) in [4.78, 5) is 25.6. The number of ether oxygens (including phenoxy) is 2. The number of hydrogen-bond acceptors (Lipinski definition) is 7. The van der Waals surface area contributed by atoms with Gasteiger partial charge < -0.3 is 19.9 Å². The lowest BCUT2D eigenvalue weighted by Gasteiger charge is -2.32. The van der Waals surface area contributed by atoms with E-state index in [1.54, 1.807) is 66.7 Å². The average Bonchev–Trinajstić information content (AvgIpc) is 3.48. The Labute approximate surface area is 286 Å². The third kappa shape index (κ3) is 7.83. The first-order valence-electron chi connectivity index (χ1n) is 14.9. The molecule has 0 aromatic heterocycles. The number of nitrogens with zero attached hydrogens (tertiary/aromatic N) is 7. The van der Waals surface area contributed by atoms with Gasteiger partial charge in [-0.25, -0.2) is 4.99 Å². The third-order valence-electron chi connectivity index (χ3n) is 7.74. The first-order valence-corrected chi connectivity index (χ1v) is 15.7. The molecule has 48 heavy (non-hydrogen) atoms. The molecule has 0 spiro atoms. The molecule has 4 aromatic rings. The lowest BCUT2D eigenvalue weighted by atomic mass is 9.80. The smallest absolute Gasteiger partial charge is 0.252 e. The van der Waals surface area contributed by atoms with Crippen LogP contribution in [-0.4, -0.2) is 35.7 Å². The Hall–Kier alpha value is -5.22. The zero-order chi connectivity index (χ0) is 33.9. The van der Waals surface area contributed by atoms with Crippen molar-refractivity contribution < 1.29 is 19.4 Å². The van der Waals surface area contributed by atoms with Crippen molar-refractivity contribution >= 4 is 40.7 Å². The van der Waals surface area contributed by atoms with E-state index < -0.39 is 17.6 Å². The van der Waals surface area contributed by atoms with Crippen LogP contribution in [0.5, 0.6) is 5.75 Å². The molecule has 4 aromatic carbocycles. The molecule has 0 fully saturated rings. The Morgan fingerprint density at radius 2 is 1.73 bits per heavy atom. The van der Waals surface area contributed by atoms with Gasteiger partial charge in [0.2, 0.25) is 5.90 Å². The van der Waals surface area contributed by atoms with Crippen LogP contribution >= 0.6 is 23.2 Å². The Balaban J connectivity index is 1.65. The molecule has 2 atom stereocenters. The van der Waals surface area contributed by atoms with E-state index in [9.17, 15) is 10.3 Å². The number of carbonyl (C=O) groups is 1. The van der Waals surface area contributed by atoms with E-state index in [0.29, 0.717) is 56.6 Å². The van der Waals surface area contributed by atoms with Crippen LogP contribution in [0.25, 0.3) is 20.9 Å². The zero-order valence-corrected chi connectivity index (χ0v) is 27.1. The molecule has 1 aliphatic heterocycles. The van der Waals surface area contributed by atoms with Gasteiger partial charge in [-0.1, -0.05) is 88.0 Å². The van der Waals surface area contributed by atoms with Gasteiger partial charge in [0.05, 0.1) is 13.2 Å². The largest absolute Gasteiger partial charge is 0.494 e. The Morgan fingerprint density at radius 3 is 2.46 bits per heavy atom. The van der Waals surface area contributed by atoms with Crippen LogP contribution in [-0.2, 0) is 29.0 Å². The van der Waals surface area contributed by atoms with Crippen molar-refractivity contribution in [1.29, 1.82) is 0 Å². The summed E-state index contributed by atoms with van der Waals surface area (Å²) in [6.45, 7) is 0.482. The van der Waals surface area contributed by atoms with Crippen molar-refractivity contribution in [2.75, 3.05) is 13.2 Å². The predicted octanol–water partition coefficient (Wildman–Crippen LogP) is 8.32. The number of amides is 1. The Kier molecular flexibility index (Phi) is 11.4. The Bertz CT molecular complexity index is 1910. The average molecular weight is 686 g/mol. The van der Waals surface area contributed by atoms with Gasteiger partial charge in [-0.15, -0.1) is 0 Å². The van der Waals surface area contributed by atoms with E-state index in [-0.39, 0.29) is 37.7 Å². The number of carbonyl (C=O) groups excluding carboxylic acids is 1. The maximum atomic E-state index is 14.7. The molecule has 0 saturated carbocycles. The van der Waals surface area contributed by atoms with Gasteiger partial charge in [-0.05, 0) is 64.2 Å². The second-order valence-corrected chi connectivity index (χ2v) is 11.6. The van der Waals surface area contributed by atoms with E-state index in [0.717, 1.165) is 0 Å². The number of hydrogen-bond donors (Lipinski definition) is 2.